The maximum absolute atomic E-state index is 13.9. The van der Waals surface area contributed by atoms with Crippen molar-refractivity contribution < 1.29 is 19.1 Å². The van der Waals surface area contributed by atoms with Crippen LogP contribution < -0.4 is 5.32 Å². The molecule has 1 atom stereocenters. The molecule has 0 saturated carbocycles. The second kappa shape index (κ2) is 7.56. The van der Waals surface area contributed by atoms with Crippen molar-refractivity contribution in [2.45, 2.75) is 38.8 Å². The molecule has 1 aliphatic rings. The fraction of sp³-hybridized carbons (Fsp3) is 0.300. The van der Waals surface area contributed by atoms with E-state index in [-0.39, 0.29) is 30.5 Å². The highest BCUT2D eigenvalue weighted by atomic mass is 19.1. The summed E-state index contributed by atoms with van der Waals surface area (Å²) >= 11 is 0. The molecule has 136 valence electrons. The topological polar surface area (TPSA) is 69.6 Å². The summed E-state index contributed by atoms with van der Waals surface area (Å²) in [5.41, 5.74) is 1.55. The maximum atomic E-state index is 13.9. The summed E-state index contributed by atoms with van der Waals surface area (Å²) < 4.78 is 13.9. The van der Waals surface area contributed by atoms with Crippen LogP contribution >= 0.6 is 0 Å². The average molecular weight is 356 g/mol. The predicted molar refractivity (Wildman–Crippen MR) is 96.1 cm³/mol. The molecular formula is C20H21FN2O3. The van der Waals surface area contributed by atoms with Gasteiger partial charge >= 0.3 is 0 Å². The SMILES string of the molecule is CCc1cccc(O)c1NC(=O)[C@H]1CCC(=O)N1Cc1ccccc1F. The van der Waals surface area contributed by atoms with Gasteiger partial charge in [-0.05, 0) is 30.5 Å². The van der Waals surface area contributed by atoms with Crippen LogP contribution in [0.3, 0.4) is 0 Å². The first-order valence-electron chi connectivity index (χ1n) is 8.65. The van der Waals surface area contributed by atoms with Gasteiger partial charge in [0.05, 0.1) is 5.69 Å². The molecule has 26 heavy (non-hydrogen) atoms. The minimum atomic E-state index is -0.689. The standard InChI is InChI=1S/C20H21FN2O3/c1-2-13-7-5-9-17(24)19(13)22-20(26)16-10-11-18(25)23(16)12-14-6-3-4-8-15(14)21/h3-9,16,24H,2,10-12H2,1H3,(H,22,26)/t16-/m1/s1. The van der Waals surface area contributed by atoms with Gasteiger partial charge in [0.1, 0.15) is 17.6 Å². The Morgan fingerprint density at radius 2 is 1.96 bits per heavy atom. The van der Waals surface area contributed by atoms with E-state index in [0.717, 1.165) is 5.56 Å². The van der Waals surface area contributed by atoms with Gasteiger partial charge in [-0.15, -0.1) is 0 Å². The van der Waals surface area contributed by atoms with E-state index in [1.165, 1.54) is 17.0 Å². The zero-order valence-electron chi connectivity index (χ0n) is 14.5. The van der Waals surface area contributed by atoms with Gasteiger partial charge in [-0.25, -0.2) is 4.39 Å². The number of carbonyl (C=O) groups is 2. The number of amides is 2. The normalized spacial score (nSPS) is 16.8. The number of carbonyl (C=O) groups excluding carboxylic acids is 2. The number of rotatable bonds is 5. The second-order valence-electron chi connectivity index (χ2n) is 6.32. The smallest absolute Gasteiger partial charge is 0.247 e. The minimum Gasteiger partial charge on any atom is -0.506 e. The molecule has 2 aromatic rings. The number of phenolic OH excluding ortho intramolecular Hbond substituents is 1. The molecule has 1 aliphatic heterocycles. The third kappa shape index (κ3) is 3.54. The van der Waals surface area contributed by atoms with E-state index >= 15 is 0 Å². The van der Waals surface area contributed by atoms with Gasteiger partial charge in [0.15, 0.2) is 0 Å². The molecular weight excluding hydrogens is 335 g/mol. The third-order valence-corrected chi connectivity index (χ3v) is 4.69. The van der Waals surface area contributed by atoms with Crippen LogP contribution in [0.25, 0.3) is 0 Å². The molecule has 0 radical (unpaired) electrons. The number of nitrogens with zero attached hydrogens (tertiary/aromatic N) is 1. The molecule has 3 rings (SSSR count). The van der Waals surface area contributed by atoms with Crippen molar-refractivity contribution >= 4 is 17.5 Å². The maximum Gasteiger partial charge on any atom is 0.247 e. The molecule has 1 fully saturated rings. The molecule has 2 N–H and O–H groups in total. The molecule has 0 spiro atoms. The lowest BCUT2D eigenvalue weighted by Crippen LogP contribution is -2.41. The number of aromatic hydroxyl groups is 1. The molecule has 2 amide bonds. The zero-order valence-corrected chi connectivity index (χ0v) is 14.5. The summed E-state index contributed by atoms with van der Waals surface area (Å²) in [6.45, 7) is 1.97. The predicted octanol–water partition coefficient (Wildman–Crippen LogP) is 3.22. The summed E-state index contributed by atoms with van der Waals surface area (Å²) in [6.07, 6.45) is 1.26. The summed E-state index contributed by atoms with van der Waals surface area (Å²) in [6, 6.07) is 10.6. The van der Waals surface area contributed by atoms with E-state index in [4.69, 9.17) is 0 Å². The molecule has 0 unspecified atom stereocenters. The number of hydrogen-bond acceptors (Lipinski definition) is 3. The quantitative estimate of drug-likeness (QED) is 0.808. The first kappa shape index (κ1) is 17.9. The van der Waals surface area contributed by atoms with E-state index in [2.05, 4.69) is 5.32 Å². The fourth-order valence-electron chi connectivity index (χ4n) is 3.25. The molecule has 5 nitrogen and oxygen atoms in total. The van der Waals surface area contributed by atoms with Crippen molar-refractivity contribution in [1.82, 2.24) is 4.90 Å². The lowest BCUT2D eigenvalue weighted by atomic mass is 10.1. The number of para-hydroxylation sites is 1. The van der Waals surface area contributed by atoms with Gasteiger partial charge in [-0.1, -0.05) is 37.3 Å². The van der Waals surface area contributed by atoms with Crippen LogP contribution in [0.15, 0.2) is 42.5 Å². The Labute approximate surface area is 151 Å². The van der Waals surface area contributed by atoms with E-state index in [1.807, 2.05) is 13.0 Å². The molecule has 0 aromatic heterocycles. The van der Waals surface area contributed by atoms with E-state index in [9.17, 15) is 19.1 Å². The van der Waals surface area contributed by atoms with E-state index in [0.29, 0.717) is 24.1 Å². The Kier molecular flexibility index (Phi) is 5.21. The molecule has 2 aromatic carbocycles. The number of anilines is 1. The number of phenols is 1. The van der Waals surface area contributed by atoms with Crippen LogP contribution in [0.1, 0.15) is 30.9 Å². The van der Waals surface area contributed by atoms with Gasteiger partial charge in [-0.2, -0.15) is 0 Å². The fourth-order valence-corrected chi connectivity index (χ4v) is 3.25. The highest BCUT2D eigenvalue weighted by Crippen LogP contribution is 2.30. The average Bonchev–Trinajstić information content (AvgIpc) is 2.99. The van der Waals surface area contributed by atoms with Crippen LogP contribution in [-0.4, -0.2) is 27.9 Å². The lowest BCUT2D eigenvalue weighted by Gasteiger charge is -2.25. The molecule has 6 heteroatoms. The lowest BCUT2D eigenvalue weighted by molar-refractivity contribution is -0.133. The minimum absolute atomic E-state index is 0.0114. The van der Waals surface area contributed by atoms with Crippen molar-refractivity contribution in [2.75, 3.05) is 5.32 Å². The van der Waals surface area contributed by atoms with Crippen LogP contribution in [0.5, 0.6) is 5.75 Å². The van der Waals surface area contributed by atoms with Gasteiger partial charge in [0.2, 0.25) is 11.8 Å². The van der Waals surface area contributed by atoms with Crippen molar-refractivity contribution in [1.29, 1.82) is 0 Å². The number of nitrogens with one attached hydrogen (secondary N) is 1. The number of benzene rings is 2. The Morgan fingerprint density at radius 3 is 2.69 bits per heavy atom. The van der Waals surface area contributed by atoms with Crippen molar-refractivity contribution in [3.63, 3.8) is 0 Å². The summed E-state index contributed by atoms with van der Waals surface area (Å²) in [5, 5.41) is 12.8. The molecule has 1 heterocycles. The van der Waals surface area contributed by atoms with Gasteiger partial charge in [-0.3, -0.25) is 9.59 Å². The first-order chi connectivity index (χ1) is 12.5. The number of likely N-dealkylation sites (tertiary alicyclic amines) is 1. The number of halogens is 1. The van der Waals surface area contributed by atoms with Crippen LogP contribution in [-0.2, 0) is 22.6 Å². The Bertz CT molecular complexity index is 838. The van der Waals surface area contributed by atoms with E-state index < -0.39 is 11.9 Å². The monoisotopic (exact) mass is 356 g/mol. The second-order valence-corrected chi connectivity index (χ2v) is 6.32. The Balaban J connectivity index is 1.80. The summed E-state index contributed by atoms with van der Waals surface area (Å²) in [4.78, 5) is 26.4. The molecule has 0 aliphatic carbocycles. The van der Waals surface area contributed by atoms with Crippen LogP contribution in [0, 0.1) is 5.82 Å². The zero-order chi connectivity index (χ0) is 18.7. The molecule has 0 bridgehead atoms. The summed E-state index contributed by atoms with van der Waals surface area (Å²) in [7, 11) is 0. The van der Waals surface area contributed by atoms with Gasteiger partial charge in [0, 0.05) is 18.5 Å². The van der Waals surface area contributed by atoms with Crippen LogP contribution in [0.2, 0.25) is 0 Å². The van der Waals surface area contributed by atoms with Gasteiger partial charge in [0.25, 0.3) is 0 Å². The first-order valence-corrected chi connectivity index (χ1v) is 8.65. The van der Waals surface area contributed by atoms with Crippen molar-refractivity contribution in [3.05, 3.63) is 59.4 Å². The van der Waals surface area contributed by atoms with Crippen molar-refractivity contribution in [2.24, 2.45) is 0 Å². The van der Waals surface area contributed by atoms with Crippen molar-refractivity contribution in [3.8, 4) is 5.75 Å². The Morgan fingerprint density at radius 1 is 1.23 bits per heavy atom. The number of hydrogen-bond donors (Lipinski definition) is 2. The Hall–Kier alpha value is -2.89. The molecule has 1 saturated heterocycles. The number of aryl methyl sites for hydroxylation is 1. The highest BCUT2D eigenvalue weighted by Gasteiger charge is 2.36. The largest absolute Gasteiger partial charge is 0.506 e. The third-order valence-electron chi connectivity index (χ3n) is 4.69. The highest BCUT2D eigenvalue weighted by molar-refractivity contribution is 6.00. The van der Waals surface area contributed by atoms with Crippen LogP contribution in [0.4, 0.5) is 10.1 Å². The van der Waals surface area contributed by atoms with E-state index in [1.54, 1.807) is 24.3 Å². The van der Waals surface area contributed by atoms with Gasteiger partial charge < -0.3 is 15.3 Å². The summed E-state index contributed by atoms with van der Waals surface area (Å²) in [5.74, 6) is -0.965.